The molecule has 1 N–H and O–H groups in total. The number of carbonyl (C=O) groups is 1. The number of benzene rings is 1. The zero-order valence-corrected chi connectivity index (χ0v) is 10.6. The molecule has 1 aromatic heterocycles. The van der Waals surface area contributed by atoms with Gasteiger partial charge in [0.2, 0.25) is 5.82 Å². The van der Waals surface area contributed by atoms with E-state index in [1.54, 1.807) is 0 Å². The molecule has 0 radical (unpaired) electrons. The SMILES string of the molecule is O=C(O)C1CCC(c2nc(-c3ccc(F)c(F)c3)no2)O1. The molecule has 1 aliphatic rings. The molecule has 21 heavy (non-hydrogen) atoms. The fraction of sp³-hybridized carbons (Fsp3) is 0.308. The van der Waals surface area contributed by atoms with Gasteiger partial charge in [0.05, 0.1) is 0 Å². The monoisotopic (exact) mass is 296 g/mol. The van der Waals surface area contributed by atoms with Crippen LogP contribution in [0, 0.1) is 11.6 Å². The van der Waals surface area contributed by atoms with Gasteiger partial charge in [-0.1, -0.05) is 5.16 Å². The third kappa shape index (κ3) is 2.62. The maximum atomic E-state index is 13.2. The zero-order chi connectivity index (χ0) is 15.0. The minimum Gasteiger partial charge on any atom is -0.479 e. The Morgan fingerprint density at radius 1 is 1.29 bits per heavy atom. The molecule has 2 atom stereocenters. The highest BCUT2D eigenvalue weighted by atomic mass is 19.2. The van der Waals surface area contributed by atoms with Crippen LogP contribution in [0.3, 0.4) is 0 Å². The summed E-state index contributed by atoms with van der Waals surface area (Å²) in [6, 6.07) is 3.25. The third-order valence-electron chi connectivity index (χ3n) is 3.19. The Labute approximate surface area is 117 Å². The minimum atomic E-state index is -1.04. The van der Waals surface area contributed by atoms with Crippen molar-refractivity contribution in [2.75, 3.05) is 0 Å². The van der Waals surface area contributed by atoms with Crippen LogP contribution in [0.5, 0.6) is 0 Å². The molecule has 0 spiro atoms. The van der Waals surface area contributed by atoms with Crippen LogP contribution in [-0.4, -0.2) is 27.3 Å². The van der Waals surface area contributed by atoms with Gasteiger partial charge in [-0.15, -0.1) is 0 Å². The summed E-state index contributed by atoms with van der Waals surface area (Å²) in [6.45, 7) is 0. The predicted molar refractivity (Wildman–Crippen MR) is 64.1 cm³/mol. The van der Waals surface area contributed by atoms with Crippen molar-refractivity contribution in [1.82, 2.24) is 10.1 Å². The summed E-state index contributed by atoms with van der Waals surface area (Å²) in [5, 5.41) is 12.5. The Morgan fingerprint density at radius 3 is 2.76 bits per heavy atom. The maximum absolute atomic E-state index is 13.2. The standard InChI is InChI=1S/C13H10F2N2O4/c14-7-2-1-6(5-8(7)15)11-16-12(21-17-11)9-3-4-10(20-9)13(18)19/h1-2,5,9-10H,3-4H2,(H,18,19). The van der Waals surface area contributed by atoms with E-state index in [1.807, 2.05) is 0 Å². The van der Waals surface area contributed by atoms with Crippen molar-refractivity contribution in [1.29, 1.82) is 0 Å². The van der Waals surface area contributed by atoms with Crippen molar-refractivity contribution in [2.24, 2.45) is 0 Å². The van der Waals surface area contributed by atoms with E-state index in [9.17, 15) is 13.6 Å². The van der Waals surface area contributed by atoms with Gasteiger partial charge < -0.3 is 14.4 Å². The summed E-state index contributed by atoms with van der Waals surface area (Å²) >= 11 is 0. The van der Waals surface area contributed by atoms with E-state index in [4.69, 9.17) is 14.4 Å². The minimum absolute atomic E-state index is 0.0891. The topological polar surface area (TPSA) is 85.5 Å². The molecule has 1 aromatic carbocycles. The van der Waals surface area contributed by atoms with E-state index < -0.39 is 29.8 Å². The Kier molecular flexibility index (Phi) is 3.38. The second-order valence-corrected chi connectivity index (χ2v) is 4.61. The molecule has 3 rings (SSSR count). The Balaban J connectivity index is 1.80. The van der Waals surface area contributed by atoms with Gasteiger partial charge in [-0.25, -0.2) is 13.6 Å². The van der Waals surface area contributed by atoms with Crippen molar-refractivity contribution in [3.05, 3.63) is 35.7 Å². The van der Waals surface area contributed by atoms with Crippen molar-refractivity contribution < 1.29 is 27.9 Å². The van der Waals surface area contributed by atoms with Crippen LogP contribution in [0.1, 0.15) is 24.8 Å². The predicted octanol–water partition coefficient (Wildman–Crippen LogP) is 2.32. The molecule has 1 saturated heterocycles. The van der Waals surface area contributed by atoms with Crippen molar-refractivity contribution in [3.8, 4) is 11.4 Å². The molecular weight excluding hydrogens is 286 g/mol. The Morgan fingerprint density at radius 2 is 2.10 bits per heavy atom. The molecule has 1 aliphatic heterocycles. The van der Waals surface area contributed by atoms with E-state index in [2.05, 4.69) is 10.1 Å². The van der Waals surface area contributed by atoms with Crippen molar-refractivity contribution >= 4 is 5.97 Å². The molecule has 0 saturated carbocycles. The van der Waals surface area contributed by atoms with Gasteiger partial charge in [-0.2, -0.15) is 4.98 Å². The van der Waals surface area contributed by atoms with Crippen LogP contribution < -0.4 is 0 Å². The first-order valence-electron chi connectivity index (χ1n) is 6.22. The first-order valence-corrected chi connectivity index (χ1v) is 6.22. The van der Waals surface area contributed by atoms with Crippen LogP contribution in [0.4, 0.5) is 8.78 Å². The Hall–Kier alpha value is -2.35. The second-order valence-electron chi connectivity index (χ2n) is 4.61. The molecule has 2 unspecified atom stereocenters. The van der Waals surface area contributed by atoms with E-state index in [0.29, 0.717) is 12.8 Å². The van der Waals surface area contributed by atoms with Crippen LogP contribution in [0.25, 0.3) is 11.4 Å². The highest BCUT2D eigenvalue weighted by Crippen LogP contribution is 2.32. The number of ether oxygens (including phenoxy) is 1. The van der Waals surface area contributed by atoms with E-state index in [0.717, 1.165) is 12.1 Å². The van der Waals surface area contributed by atoms with Gasteiger partial charge in [0.25, 0.3) is 5.89 Å². The summed E-state index contributed by atoms with van der Waals surface area (Å²) < 4.78 is 36.3. The summed E-state index contributed by atoms with van der Waals surface area (Å²) in [6.07, 6.45) is -0.703. The van der Waals surface area contributed by atoms with Gasteiger partial charge in [0, 0.05) is 5.56 Å². The lowest BCUT2D eigenvalue weighted by Crippen LogP contribution is -2.18. The lowest BCUT2D eigenvalue weighted by atomic mass is 10.2. The average Bonchev–Trinajstić information content (AvgIpc) is 3.09. The number of hydrogen-bond acceptors (Lipinski definition) is 5. The molecule has 0 bridgehead atoms. The molecule has 0 amide bonds. The number of carboxylic acid groups (broad SMARTS) is 1. The number of aromatic nitrogens is 2. The molecule has 6 nitrogen and oxygen atoms in total. The Bertz CT molecular complexity index is 689. The lowest BCUT2D eigenvalue weighted by Gasteiger charge is -2.05. The molecule has 110 valence electrons. The van der Waals surface area contributed by atoms with E-state index in [1.165, 1.54) is 6.07 Å². The highest BCUT2D eigenvalue weighted by molar-refractivity contribution is 5.72. The van der Waals surface area contributed by atoms with Crippen LogP contribution in [0.15, 0.2) is 22.7 Å². The number of halogens is 2. The van der Waals surface area contributed by atoms with Crippen molar-refractivity contribution in [3.63, 3.8) is 0 Å². The van der Waals surface area contributed by atoms with E-state index in [-0.39, 0.29) is 17.3 Å². The molecule has 8 heteroatoms. The summed E-state index contributed by atoms with van der Waals surface area (Å²) in [5.41, 5.74) is 0.261. The second kappa shape index (κ2) is 5.21. The number of carboxylic acids is 1. The number of hydrogen-bond donors (Lipinski definition) is 1. The molecule has 2 heterocycles. The number of rotatable bonds is 3. The molecular formula is C13H10F2N2O4. The number of nitrogens with zero attached hydrogens (tertiary/aromatic N) is 2. The smallest absolute Gasteiger partial charge is 0.332 e. The third-order valence-corrected chi connectivity index (χ3v) is 3.19. The fourth-order valence-corrected chi connectivity index (χ4v) is 2.12. The summed E-state index contributed by atoms with van der Waals surface area (Å²) in [4.78, 5) is 14.8. The average molecular weight is 296 g/mol. The highest BCUT2D eigenvalue weighted by Gasteiger charge is 2.34. The fourth-order valence-electron chi connectivity index (χ4n) is 2.12. The molecule has 1 fully saturated rings. The normalized spacial score (nSPS) is 21.6. The van der Waals surface area contributed by atoms with Gasteiger partial charge in [0.15, 0.2) is 17.7 Å². The summed E-state index contributed by atoms with van der Waals surface area (Å²) in [5.74, 6) is -2.81. The van der Waals surface area contributed by atoms with Gasteiger partial charge in [-0.05, 0) is 31.0 Å². The van der Waals surface area contributed by atoms with Gasteiger partial charge >= 0.3 is 5.97 Å². The largest absolute Gasteiger partial charge is 0.479 e. The lowest BCUT2D eigenvalue weighted by molar-refractivity contribution is -0.150. The quantitative estimate of drug-likeness (QED) is 0.935. The number of aliphatic carboxylic acids is 1. The molecule has 0 aliphatic carbocycles. The van der Waals surface area contributed by atoms with E-state index >= 15 is 0 Å². The van der Waals surface area contributed by atoms with Crippen LogP contribution in [-0.2, 0) is 9.53 Å². The first kappa shape index (κ1) is 13.6. The van der Waals surface area contributed by atoms with Crippen molar-refractivity contribution in [2.45, 2.75) is 25.0 Å². The summed E-state index contributed by atoms with van der Waals surface area (Å²) in [7, 11) is 0. The zero-order valence-electron chi connectivity index (χ0n) is 10.6. The van der Waals surface area contributed by atoms with Crippen LogP contribution >= 0.6 is 0 Å². The maximum Gasteiger partial charge on any atom is 0.332 e. The van der Waals surface area contributed by atoms with Gasteiger partial charge in [0.1, 0.15) is 6.10 Å². The van der Waals surface area contributed by atoms with Crippen LogP contribution in [0.2, 0.25) is 0 Å². The molecule has 2 aromatic rings. The van der Waals surface area contributed by atoms with Gasteiger partial charge in [-0.3, -0.25) is 0 Å². The first-order chi connectivity index (χ1) is 10.0.